The van der Waals surface area contributed by atoms with Crippen molar-refractivity contribution in [2.45, 2.75) is 26.2 Å². The Kier molecular flexibility index (Phi) is 4.10. The van der Waals surface area contributed by atoms with Gasteiger partial charge in [-0.2, -0.15) is 0 Å². The first-order chi connectivity index (χ1) is 10.7. The highest BCUT2D eigenvalue weighted by Gasteiger charge is 2.14. The molecule has 0 aliphatic heterocycles. The average molecular weight is 290 g/mol. The van der Waals surface area contributed by atoms with Crippen molar-refractivity contribution in [3.8, 4) is 22.4 Å². The van der Waals surface area contributed by atoms with Crippen LogP contribution in [0, 0.1) is 0 Å². The van der Waals surface area contributed by atoms with Gasteiger partial charge in [0.2, 0.25) is 0 Å². The van der Waals surface area contributed by atoms with Crippen molar-refractivity contribution in [3.63, 3.8) is 0 Å². The number of nitrogens with zero attached hydrogens (tertiary/aromatic N) is 2. The van der Waals surface area contributed by atoms with E-state index >= 15 is 0 Å². The van der Waals surface area contributed by atoms with E-state index in [2.05, 4.69) is 73.6 Å². The fraction of sp³-hybridized carbons (Fsp3) is 0.250. The zero-order chi connectivity index (χ0) is 15.5. The molecule has 112 valence electrons. The highest BCUT2D eigenvalue weighted by Crippen LogP contribution is 2.33. The minimum Gasteiger partial charge on any atom is -0.340 e. The van der Waals surface area contributed by atoms with E-state index < -0.39 is 0 Å². The molecule has 2 aromatic carbocycles. The van der Waals surface area contributed by atoms with Crippen molar-refractivity contribution in [1.82, 2.24) is 9.55 Å². The summed E-state index contributed by atoms with van der Waals surface area (Å²) >= 11 is 0. The molecular formula is C20H22N2. The summed E-state index contributed by atoms with van der Waals surface area (Å²) in [6.45, 7) is 4.52. The molecule has 0 N–H and O–H groups in total. The molecule has 1 atom stereocenters. The second-order valence-corrected chi connectivity index (χ2v) is 5.90. The molecule has 0 aliphatic carbocycles. The Bertz CT molecular complexity index is 756. The molecule has 0 saturated heterocycles. The molecule has 22 heavy (non-hydrogen) atoms. The molecular weight excluding hydrogens is 268 g/mol. The Morgan fingerprint density at radius 1 is 1.05 bits per heavy atom. The Hall–Kier alpha value is -2.35. The maximum atomic E-state index is 4.56. The minimum absolute atomic E-state index is 0.529. The van der Waals surface area contributed by atoms with Crippen LogP contribution in [0.4, 0.5) is 0 Å². The largest absolute Gasteiger partial charge is 0.340 e. The van der Waals surface area contributed by atoms with Gasteiger partial charge in [-0.25, -0.2) is 4.98 Å². The van der Waals surface area contributed by atoms with Crippen LogP contribution in [-0.4, -0.2) is 9.55 Å². The zero-order valence-corrected chi connectivity index (χ0v) is 13.5. The Morgan fingerprint density at radius 2 is 1.82 bits per heavy atom. The van der Waals surface area contributed by atoms with Crippen molar-refractivity contribution in [1.29, 1.82) is 0 Å². The van der Waals surface area contributed by atoms with Gasteiger partial charge in [-0.3, -0.25) is 0 Å². The first-order valence-electron chi connectivity index (χ1n) is 7.86. The number of aryl methyl sites for hydroxylation is 1. The quantitative estimate of drug-likeness (QED) is 0.640. The minimum atomic E-state index is 0.529. The van der Waals surface area contributed by atoms with E-state index in [1.165, 1.54) is 22.3 Å². The third-order valence-electron chi connectivity index (χ3n) is 4.28. The van der Waals surface area contributed by atoms with E-state index in [9.17, 15) is 0 Å². The van der Waals surface area contributed by atoms with Crippen molar-refractivity contribution in [2.24, 2.45) is 7.05 Å². The van der Waals surface area contributed by atoms with Gasteiger partial charge in [0.25, 0.3) is 0 Å². The summed E-state index contributed by atoms with van der Waals surface area (Å²) in [6, 6.07) is 17.3. The lowest BCUT2D eigenvalue weighted by Crippen LogP contribution is -1.96. The smallest absolute Gasteiger partial charge is 0.0951 e. The molecule has 0 bridgehead atoms. The molecule has 3 aromatic rings. The standard InChI is InChI=1S/C20H22N2/c1-4-15(2)18-11-10-17(16-8-6-5-7-9-16)12-19(18)20-13-22(3)14-21-20/h5-15H,4H2,1-3H3. The molecule has 0 spiro atoms. The molecule has 2 nitrogen and oxygen atoms in total. The second kappa shape index (κ2) is 6.18. The fourth-order valence-electron chi connectivity index (χ4n) is 2.79. The molecule has 0 aliphatic rings. The Morgan fingerprint density at radius 3 is 2.45 bits per heavy atom. The van der Waals surface area contributed by atoms with Crippen molar-refractivity contribution >= 4 is 0 Å². The van der Waals surface area contributed by atoms with E-state index in [0.717, 1.165) is 12.1 Å². The fourth-order valence-corrected chi connectivity index (χ4v) is 2.79. The number of hydrogen-bond acceptors (Lipinski definition) is 1. The lowest BCUT2D eigenvalue weighted by molar-refractivity contribution is 0.735. The van der Waals surface area contributed by atoms with E-state index in [4.69, 9.17) is 0 Å². The van der Waals surface area contributed by atoms with Crippen LogP contribution in [0.2, 0.25) is 0 Å². The van der Waals surface area contributed by atoms with Crippen molar-refractivity contribution in [2.75, 3.05) is 0 Å². The van der Waals surface area contributed by atoms with Crippen molar-refractivity contribution in [3.05, 3.63) is 66.6 Å². The molecule has 1 heterocycles. The Balaban J connectivity index is 2.14. The summed E-state index contributed by atoms with van der Waals surface area (Å²) in [5, 5.41) is 0. The lowest BCUT2D eigenvalue weighted by atomic mass is 9.89. The topological polar surface area (TPSA) is 17.8 Å². The van der Waals surface area contributed by atoms with E-state index in [1.54, 1.807) is 0 Å². The van der Waals surface area contributed by atoms with Crippen LogP contribution in [0.5, 0.6) is 0 Å². The Labute approximate surface area is 132 Å². The molecule has 0 fully saturated rings. The van der Waals surface area contributed by atoms with Gasteiger partial charge in [0, 0.05) is 18.8 Å². The third-order valence-corrected chi connectivity index (χ3v) is 4.28. The normalized spacial score (nSPS) is 12.3. The lowest BCUT2D eigenvalue weighted by Gasteiger charge is -2.15. The number of aromatic nitrogens is 2. The summed E-state index contributed by atoms with van der Waals surface area (Å²) in [5.74, 6) is 0.529. The van der Waals surface area contributed by atoms with Gasteiger partial charge in [0.1, 0.15) is 0 Å². The number of rotatable bonds is 4. The molecule has 1 aromatic heterocycles. The average Bonchev–Trinajstić information content (AvgIpc) is 3.01. The molecule has 0 amide bonds. The predicted molar refractivity (Wildman–Crippen MR) is 92.8 cm³/mol. The number of hydrogen-bond donors (Lipinski definition) is 0. The first kappa shape index (κ1) is 14.6. The monoisotopic (exact) mass is 290 g/mol. The SMILES string of the molecule is CCC(C)c1ccc(-c2ccccc2)cc1-c1cn(C)cn1. The second-order valence-electron chi connectivity index (χ2n) is 5.90. The molecule has 1 unspecified atom stereocenters. The number of benzene rings is 2. The van der Waals surface area contributed by atoms with E-state index in [1.807, 2.05) is 17.9 Å². The van der Waals surface area contributed by atoms with E-state index in [0.29, 0.717) is 5.92 Å². The van der Waals surface area contributed by atoms with Gasteiger partial charge >= 0.3 is 0 Å². The van der Waals surface area contributed by atoms with Crippen LogP contribution in [0.25, 0.3) is 22.4 Å². The van der Waals surface area contributed by atoms with Gasteiger partial charge in [-0.1, -0.05) is 56.3 Å². The zero-order valence-electron chi connectivity index (χ0n) is 13.5. The maximum Gasteiger partial charge on any atom is 0.0951 e. The summed E-state index contributed by atoms with van der Waals surface area (Å²) in [5.41, 5.74) is 6.16. The first-order valence-corrected chi connectivity index (χ1v) is 7.86. The maximum absolute atomic E-state index is 4.56. The van der Waals surface area contributed by atoms with Crippen LogP contribution in [0.15, 0.2) is 61.1 Å². The predicted octanol–water partition coefficient (Wildman–Crippen LogP) is 5.27. The van der Waals surface area contributed by atoms with E-state index in [-0.39, 0.29) is 0 Å². The van der Waals surface area contributed by atoms with Crippen LogP contribution in [-0.2, 0) is 7.05 Å². The molecule has 3 rings (SSSR count). The summed E-state index contributed by atoms with van der Waals surface area (Å²) in [7, 11) is 2.01. The highest BCUT2D eigenvalue weighted by atomic mass is 15.0. The van der Waals surface area contributed by atoms with Gasteiger partial charge in [-0.15, -0.1) is 0 Å². The summed E-state index contributed by atoms with van der Waals surface area (Å²) < 4.78 is 2.00. The van der Waals surface area contributed by atoms with Crippen LogP contribution < -0.4 is 0 Å². The van der Waals surface area contributed by atoms with Gasteiger partial charge in [-0.05, 0) is 35.1 Å². The van der Waals surface area contributed by atoms with Crippen LogP contribution in [0.1, 0.15) is 31.7 Å². The molecule has 2 heteroatoms. The van der Waals surface area contributed by atoms with Crippen LogP contribution in [0.3, 0.4) is 0 Å². The molecule has 0 saturated carbocycles. The van der Waals surface area contributed by atoms with Gasteiger partial charge < -0.3 is 4.57 Å². The number of imidazole rings is 1. The highest BCUT2D eigenvalue weighted by molar-refractivity contribution is 5.74. The van der Waals surface area contributed by atoms with Gasteiger partial charge in [0.05, 0.1) is 12.0 Å². The molecule has 0 radical (unpaired) electrons. The van der Waals surface area contributed by atoms with Crippen LogP contribution >= 0.6 is 0 Å². The third kappa shape index (κ3) is 2.82. The summed E-state index contributed by atoms with van der Waals surface area (Å²) in [6.07, 6.45) is 5.09. The summed E-state index contributed by atoms with van der Waals surface area (Å²) in [4.78, 5) is 4.56. The van der Waals surface area contributed by atoms with Gasteiger partial charge in [0.15, 0.2) is 0 Å². The van der Waals surface area contributed by atoms with Crippen molar-refractivity contribution < 1.29 is 0 Å².